The Kier molecular flexibility index (Phi) is 14.1. The van der Waals surface area contributed by atoms with Gasteiger partial charge in [0.1, 0.15) is 0 Å². The van der Waals surface area contributed by atoms with Gasteiger partial charge < -0.3 is 0 Å². The molecule has 0 aromatic heterocycles. The molecule has 0 rings (SSSR count). The van der Waals surface area contributed by atoms with Crippen LogP contribution in [0, 0.1) is 0 Å². The third kappa shape index (κ3) is 10.8. The van der Waals surface area contributed by atoms with Crippen molar-refractivity contribution in [2.75, 3.05) is 13.2 Å². The number of rotatable bonds is 6. The Morgan fingerprint density at radius 1 is 1.00 bits per heavy atom. The van der Waals surface area contributed by atoms with Gasteiger partial charge in [0.25, 0.3) is 0 Å². The van der Waals surface area contributed by atoms with Crippen LogP contribution in [0.5, 0.6) is 0 Å². The van der Waals surface area contributed by atoms with Crippen molar-refractivity contribution in [2.45, 2.75) is 7.86 Å². The second-order valence-electron chi connectivity index (χ2n) is 1.70. The van der Waals surface area contributed by atoms with E-state index in [1.165, 1.54) is 7.86 Å². The molecule has 9 heavy (non-hydrogen) atoms. The minimum atomic E-state index is -0.519. The van der Waals surface area contributed by atoms with Crippen molar-refractivity contribution in [2.24, 2.45) is 0 Å². The van der Waals surface area contributed by atoms with Crippen molar-refractivity contribution in [3.05, 3.63) is 0 Å². The van der Waals surface area contributed by atoms with E-state index in [-0.39, 0.29) is 0 Å². The molecular formula is C4H8Br2Hg2O. The molecule has 1 nitrogen and oxygen atoms in total. The van der Waals surface area contributed by atoms with Crippen LogP contribution < -0.4 is 0 Å². The van der Waals surface area contributed by atoms with E-state index in [9.17, 15) is 0 Å². The molecule has 0 aliphatic carbocycles. The molecular weight excluding hydrogens is 625 g/mol. The number of hydrogen-bond donors (Lipinski definition) is 0. The van der Waals surface area contributed by atoms with Gasteiger partial charge in [-0.05, 0) is 0 Å². The molecule has 0 aromatic rings. The number of ether oxygens (including phenoxy) is 1. The molecule has 0 atom stereocenters. The normalized spacial score (nSPS) is 8.22. The van der Waals surface area contributed by atoms with Crippen LogP contribution in [-0.2, 0) is 49.0 Å². The van der Waals surface area contributed by atoms with Gasteiger partial charge in [0.15, 0.2) is 0 Å². The Morgan fingerprint density at radius 2 is 1.44 bits per heavy atom. The predicted octanol–water partition coefficient (Wildman–Crippen LogP) is 2.62. The van der Waals surface area contributed by atoms with Gasteiger partial charge in [-0.3, -0.25) is 0 Å². The second-order valence-corrected chi connectivity index (χ2v) is 24.1. The fraction of sp³-hybridized carbons (Fsp3) is 1.00. The minimum absolute atomic E-state index is 0.519. The first kappa shape index (κ1) is 11.8. The molecule has 0 fully saturated rings. The Bertz CT molecular complexity index is 49.8. The summed E-state index contributed by atoms with van der Waals surface area (Å²) in [6.45, 7) is 2.04. The summed E-state index contributed by atoms with van der Waals surface area (Å²) in [5, 5.41) is 0. The first-order valence-corrected chi connectivity index (χ1v) is 34.7. The van der Waals surface area contributed by atoms with Gasteiger partial charge in [0, 0.05) is 0 Å². The second kappa shape index (κ2) is 10.8. The molecule has 0 heterocycles. The summed E-state index contributed by atoms with van der Waals surface area (Å²) in [6.07, 6.45) is 0. The summed E-state index contributed by atoms with van der Waals surface area (Å²) < 4.78 is 8.09. The maximum absolute atomic E-state index is 5.37. The van der Waals surface area contributed by atoms with Gasteiger partial charge in [-0.2, -0.15) is 0 Å². The molecule has 0 bridgehead atoms. The molecule has 0 radical (unpaired) electrons. The zero-order valence-corrected chi connectivity index (χ0v) is 19.6. The molecule has 0 unspecified atom stereocenters. The third-order valence-corrected chi connectivity index (χ3v) is 15.0. The molecule has 5 heteroatoms. The zero-order valence-electron chi connectivity index (χ0n) is 5.41. The van der Waals surface area contributed by atoms with E-state index in [1.807, 2.05) is 0 Å². The Hall–Kier alpha value is 2.79. The summed E-state index contributed by atoms with van der Waals surface area (Å²) in [5.41, 5.74) is 0. The molecule has 0 amide bonds. The average Bonchev–Trinajstić information content (AvgIpc) is 1.89. The van der Waals surface area contributed by atoms with Crippen LogP contribution in [0.1, 0.15) is 0 Å². The van der Waals surface area contributed by atoms with Crippen molar-refractivity contribution >= 4 is 23.8 Å². The molecule has 0 aliphatic rings. The van der Waals surface area contributed by atoms with E-state index < -0.39 is 44.3 Å². The van der Waals surface area contributed by atoms with Crippen LogP contribution in [0.15, 0.2) is 0 Å². The molecule has 0 spiro atoms. The van der Waals surface area contributed by atoms with Gasteiger partial charge in [-0.25, -0.2) is 0 Å². The Morgan fingerprint density at radius 3 is 1.78 bits per heavy atom. The molecule has 0 aromatic carbocycles. The fourth-order valence-corrected chi connectivity index (χ4v) is 6.87. The van der Waals surface area contributed by atoms with Gasteiger partial charge in [0.2, 0.25) is 0 Å². The number of halogens is 2. The van der Waals surface area contributed by atoms with Crippen molar-refractivity contribution in [1.82, 2.24) is 0 Å². The first-order chi connectivity index (χ1) is 4.41. The van der Waals surface area contributed by atoms with E-state index in [4.69, 9.17) is 4.74 Å². The third-order valence-electron chi connectivity index (χ3n) is 0.845. The predicted molar refractivity (Wildman–Crippen MR) is 38.3 cm³/mol. The summed E-state index contributed by atoms with van der Waals surface area (Å²) >= 11 is 6.09. The quantitative estimate of drug-likeness (QED) is 0.323. The van der Waals surface area contributed by atoms with E-state index >= 15 is 0 Å². The van der Waals surface area contributed by atoms with Crippen LogP contribution in [0.25, 0.3) is 0 Å². The van der Waals surface area contributed by atoms with Crippen LogP contribution in [0.4, 0.5) is 0 Å². The standard InChI is InChI=1S/C4H8O.2BrH.2Hg/c1-3-5-4-2;;;;/h1-4H2;2*1H;;/q;;;2*+1/p-2. The Balaban J connectivity index is 2.60. The molecule has 0 N–H and O–H groups in total. The van der Waals surface area contributed by atoms with Crippen LogP contribution in [0.2, 0.25) is 7.86 Å². The van der Waals surface area contributed by atoms with Gasteiger partial charge in [-0.15, -0.1) is 0 Å². The van der Waals surface area contributed by atoms with Gasteiger partial charge in [0.05, 0.1) is 0 Å². The molecule has 0 aliphatic heterocycles. The van der Waals surface area contributed by atoms with Crippen molar-refractivity contribution in [1.29, 1.82) is 0 Å². The monoisotopic (exact) mass is 634 g/mol. The molecule has 0 saturated heterocycles. The zero-order chi connectivity index (χ0) is 6.95. The fourth-order valence-electron chi connectivity index (χ4n) is 0.415. The summed E-state index contributed by atoms with van der Waals surface area (Å²) in [4.78, 5) is 0. The molecule has 48 valence electrons. The summed E-state index contributed by atoms with van der Waals surface area (Å²) in [6, 6.07) is 0. The van der Waals surface area contributed by atoms with E-state index in [0.717, 1.165) is 13.2 Å². The SMILES string of the molecule is [Br][Hg][CH2]COC[CH2][Hg][Br]. The van der Waals surface area contributed by atoms with E-state index in [1.54, 1.807) is 0 Å². The van der Waals surface area contributed by atoms with Crippen molar-refractivity contribution in [3.8, 4) is 0 Å². The topological polar surface area (TPSA) is 9.23 Å². The summed E-state index contributed by atoms with van der Waals surface area (Å²) in [5.74, 6) is 0. The van der Waals surface area contributed by atoms with Crippen molar-refractivity contribution in [3.63, 3.8) is 0 Å². The molecule has 0 saturated carbocycles. The van der Waals surface area contributed by atoms with Crippen LogP contribution in [0.3, 0.4) is 0 Å². The maximum atomic E-state index is 5.37. The van der Waals surface area contributed by atoms with Crippen molar-refractivity contribution < 1.29 is 49.0 Å². The van der Waals surface area contributed by atoms with E-state index in [0.29, 0.717) is 0 Å². The van der Waals surface area contributed by atoms with Crippen LogP contribution >= 0.6 is 23.8 Å². The number of hydrogen-bond acceptors (Lipinski definition) is 1. The van der Waals surface area contributed by atoms with Crippen LogP contribution in [-0.4, -0.2) is 13.2 Å². The van der Waals surface area contributed by atoms with Gasteiger partial charge >= 0.3 is 93.9 Å². The Labute approximate surface area is 92.1 Å². The van der Waals surface area contributed by atoms with Gasteiger partial charge in [-0.1, -0.05) is 0 Å². The average molecular weight is 633 g/mol. The van der Waals surface area contributed by atoms with E-state index in [2.05, 4.69) is 23.8 Å². The first-order valence-electron chi connectivity index (χ1n) is 3.11. The summed E-state index contributed by atoms with van der Waals surface area (Å²) in [7, 11) is 0.